The van der Waals surface area contributed by atoms with E-state index in [-0.39, 0.29) is 11.9 Å². The highest BCUT2D eigenvalue weighted by molar-refractivity contribution is 8.04. The maximum atomic E-state index is 12.7. The minimum Gasteiger partial charge on any atom is -0.355 e. The van der Waals surface area contributed by atoms with E-state index >= 15 is 0 Å². The molecule has 0 radical (unpaired) electrons. The molecule has 0 aliphatic heterocycles. The average Bonchev–Trinajstić information content (AvgIpc) is 2.69. The first-order valence-corrected chi connectivity index (χ1v) is 11.4. The van der Waals surface area contributed by atoms with Crippen LogP contribution in [0.15, 0.2) is 30.3 Å². The molecule has 0 aliphatic rings. The van der Waals surface area contributed by atoms with Crippen LogP contribution in [0.2, 0.25) is 0 Å². The predicted molar refractivity (Wildman–Crippen MR) is 115 cm³/mol. The third-order valence-electron chi connectivity index (χ3n) is 4.74. The van der Waals surface area contributed by atoms with Crippen LogP contribution in [-0.4, -0.2) is 17.3 Å². The quantitative estimate of drug-likeness (QED) is 0.131. The lowest BCUT2D eigenvalue weighted by Gasteiger charge is -2.22. The van der Waals surface area contributed by atoms with Gasteiger partial charge >= 0.3 is 0 Å². The number of benzene rings is 1. The van der Waals surface area contributed by atoms with Gasteiger partial charge in [-0.25, -0.2) is 0 Å². The minimum atomic E-state index is -0.733. The number of nitrogens with zero attached hydrogens (tertiary/aromatic N) is 1. The summed E-state index contributed by atoms with van der Waals surface area (Å²) in [5.41, 5.74) is -0.129. The van der Waals surface area contributed by atoms with Crippen molar-refractivity contribution in [2.45, 2.75) is 96.0 Å². The lowest BCUT2D eigenvalue weighted by Crippen LogP contribution is -2.27. The minimum absolute atomic E-state index is 0.0496. The number of Topliss-reactive ketones (excluding diaryl/α,β-unsaturated/α-hetero) is 1. The van der Waals surface area contributed by atoms with Crippen molar-refractivity contribution in [2.75, 3.05) is 0 Å². The second-order valence-corrected chi connectivity index (χ2v) is 7.93. The van der Waals surface area contributed by atoms with Gasteiger partial charge in [-0.1, -0.05) is 102 Å². The molecule has 0 amide bonds. The number of carbonyl (C=O) groups is 1. The Balaban J connectivity index is 2.44. The molecule has 0 bridgehead atoms. The highest BCUT2D eigenvalue weighted by Gasteiger charge is 2.25. The number of thiocyanates is 1. The van der Waals surface area contributed by atoms with Gasteiger partial charge in [0.2, 0.25) is 5.78 Å². The van der Waals surface area contributed by atoms with Crippen LogP contribution < -0.4 is 0 Å². The standard InChI is InChI=1S/C23H35NO2S/c1-3-5-6-7-8-9-10-14-18-21(15-4-2)26-23(27-19-24)22(25)20-16-12-11-13-17-20/h11-13,16-17,21,23H,3-10,14-15,18H2,1-2H3. The topological polar surface area (TPSA) is 50.1 Å². The number of unbranched alkanes of at least 4 members (excludes halogenated alkanes) is 7. The van der Waals surface area contributed by atoms with Gasteiger partial charge in [0, 0.05) is 5.56 Å². The van der Waals surface area contributed by atoms with Gasteiger partial charge in [0.15, 0.2) is 5.44 Å². The van der Waals surface area contributed by atoms with Crippen molar-refractivity contribution in [3.63, 3.8) is 0 Å². The molecule has 0 saturated heterocycles. The number of ether oxygens (including phenoxy) is 1. The van der Waals surface area contributed by atoms with Crippen molar-refractivity contribution in [3.8, 4) is 5.40 Å². The van der Waals surface area contributed by atoms with E-state index in [9.17, 15) is 4.79 Å². The van der Waals surface area contributed by atoms with Gasteiger partial charge in [-0.2, -0.15) is 5.26 Å². The van der Waals surface area contributed by atoms with Crippen molar-refractivity contribution >= 4 is 17.5 Å². The molecule has 2 unspecified atom stereocenters. The third-order valence-corrected chi connectivity index (χ3v) is 5.38. The molecule has 0 N–H and O–H groups in total. The van der Waals surface area contributed by atoms with E-state index in [0.717, 1.165) is 37.4 Å². The number of ketones is 1. The largest absolute Gasteiger partial charge is 0.355 e. The van der Waals surface area contributed by atoms with E-state index in [0.29, 0.717) is 5.56 Å². The summed E-state index contributed by atoms with van der Waals surface area (Å²) in [7, 11) is 0. The Labute approximate surface area is 169 Å². The Morgan fingerprint density at radius 1 is 0.963 bits per heavy atom. The Bertz CT molecular complexity index is 541. The summed E-state index contributed by atoms with van der Waals surface area (Å²) in [4.78, 5) is 12.7. The van der Waals surface area contributed by atoms with Crippen LogP contribution in [0.3, 0.4) is 0 Å². The Hall–Kier alpha value is -1.31. The molecule has 0 aromatic heterocycles. The Morgan fingerprint density at radius 2 is 1.59 bits per heavy atom. The summed E-state index contributed by atoms with van der Waals surface area (Å²) < 4.78 is 6.10. The molecule has 0 fully saturated rings. The van der Waals surface area contributed by atoms with Crippen LogP contribution in [0, 0.1) is 10.7 Å². The number of rotatable bonds is 16. The van der Waals surface area contributed by atoms with Gasteiger partial charge in [-0.15, -0.1) is 0 Å². The van der Waals surface area contributed by atoms with Gasteiger partial charge in [0.1, 0.15) is 5.40 Å². The first-order valence-electron chi connectivity index (χ1n) is 10.5. The van der Waals surface area contributed by atoms with E-state index < -0.39 is 5.44 Å². The normalized spacial score (nSPS) is 13.1. The first-order chi connectivity index (χ1) is 13.2. The zero-order valence-corrected chi connectivity index (χ0v) is 17.8. The molecule has 150 valence electrons. The molecule has 1 aromatic carbocycles. The van der Waals surface area contributed by atoms with Crippen molar-refractivity contribution < 1.29 is 9.53 Å². The van der Waals surface area contributed by atoms with Gasteiger partial charge in [0.05, 0.1) is 6.10 Å². The fourth-order valence-corrected chi connectivity index (χ4v) is 3.76. The van der Waals surface area contributed by atoms with Crippen molar-refractivity contribution in [1.29, 1.82) is 5.26 Å². The zero-order valence-electron chi connectivity index (χ0n) is 17.0. The summed E-state index contributed by atoms with van der Waals surface area (Å²) >= 11 is 0.922. The zero-order chi connectivity index (χ0) is 19.7. The third kappa shape index (κ3) is 10.6. The predicted octanol–water partition coefficient (Wildman–Crippen LogP) is 7.13. The van der Waals surface area contributed by atoms with E-state index in [2.05, 4.69) is 13.8 Å². The number of hydrogen-bond donors (Lipinski definition) is 0. The molecule has 0 saturated carbocycles. The molecule has 0 heterocycles. The van der Waals surface area contributed by atoms with Crippen molar-refractivity contribution in [3.05, 3.63) is 35.9 Å². The van der Waals surface area contributed by atoms with E-state index in [1.165, 1.54) is 44.9 Å². The first kappa shape index (κ1) is 23.7. The van der Waals surface area contributed by atoms with E-state index in [1.807, 2.05) is 23.6 Å². The molecular weight excluding hydrogens is 354 g/mol. The van der Waals surface area contributed by atoms with Crippen LogP contribution in [0.25, 0.3) is 0 Å². The van der Waals surface area contributed by atoms with E-state index in [4.69, 9.17) is 10.00 Å². The van der Waals surface area contributed by atoms with Crippen LogP contribution in [-0.2, 0) is 4.74 Å². The molecular formula is C23H35NO2S. The van der Waals surface area contributed by atoms with Crippen LogP contribution >= 0.6 is 11.8 Å². The number of carbonyl (C=O) groups excluding carboxylic acids is 1. The van der Waals surface area contributed by atoms with Crippen LogP contribution in [0.5, 0.6) is 0 Å². The molecule has 2 atom stereocenters. The number of hydrogen-bond acceptors (Lipinski definition) is 4. The molecule has 0 aliphatic carbocycles. The monoisotopic (exact) mass is 389 g/mol. The molecule has 0 spiro atoms. The second-order valence-electron chi connectivity index (χ2n) is 7.08. The Kier molecular flexibility index (Phi) is 13.8. The lowest BCUT2D eigenvalue weighted by molar-refractivity contribution is 0.0229. The SMILES string of the molecule is CCCCCCCCCCC(CCC)OC(SC#N)C(=O)c1ccccc1. The molecule has 3 nitrogen and oxygen atoms in total. The van der Waals surface area contributed by atoms with Crippen molar-refractivity contribution in [1.82, 2.24) is 0 Å². The van der Waals surface area contributed by atoms with Gasteiger partial charge in [-0.05, 0) is 24.6 Å². The molecule has 4 heteroatoms. The fourth-order valence-electron chi connectivity index (χ4n) is 3.21. The van der Waals surface area contributed by atoms with Gasteiger partial charge in [0.25, 0.3) is 0 Å². The summed E-state index contributed by atoms with van der Waals surface area (Å²) in [5.74, 6) is -0.112. The number of thioether (sulfide) groups is 1. The fraction of sp³-hybridized carbons (Fsp3) is 0.652. The Morgan fingerprint density at radius 3 is 2.19 bits per heavy atom. The summed E-state index contributed by atoms with van der Waals surface area (Å²) in [6.07, 6.45) is 13.2. The second kappa shape index (κ2) is 15.7. The van der Waals surface area contributed by atoms with Crippen molar-refractivity contribution in [2.24, 2.45) is 0 Å². The van der Waals surface area contributed by atoms with Gasteiger partial charge in [-0.3, -0.25) is 4.79 Å². The lowest BCUT2D eigenvalue weighted by atomic mass is 10.0. The highest BCUT2D eigenvalue weighted by Crippen LogP contribution is 2.23. The maximum Gasteiger partial charge on any atom is 0.202 e. The highest BCUT2D eigenvalue weighted by atomic mass is 32.2. The smallest absolute Gasteiger partial charge is 0.202 e. The van der Waals surface area contributed by atoms with Crippen LogP contribution in [0.4, 0.5) is 0 Å². The molecule has 27 heavy (non-hydrogen) atoms. The molecule has 1 rings (SSSR count). The average molecular weight is 390 g/mol. The number of nitriles is 1. The van der Waals surface area contributed by atoms with E-state index in [1.54, 1.807) is 12.1 Å². The van der Waals surface area contributed by atoms with Crippen LogP contribution in [0.1, 0.15) is 94.8 Å². The molecule has 1 aromatic rings. The summed E-state index contributed by atoms with van der Waals surface area (Å²) in [6.45, 7) is 4.38. The maximum absolute atomic E-state index is 12.7. The van der Waals surface area contributed by atoms with Gasteiger partial charge < -0.3 is 4.74 Å². The summed E-state index contributed by atoms with van der Waals surface area (Å²) in [6, 6.07) is 9.12. The summed E-state index contributed by atoms with van der Waals surface area (Å²) in [5, 5.41) is 11.1.